The maximum Gasteiger partial charge on any atom is 0.155 e. The summed E-state index contributed by atoms with van der Waals surface area (Å²) < 4.78 is 14.0. The van der Waals surface area contributed by atoms with Gasteiger partial charge in [0, 0.05) is 18.0 Å². The van der Waals surface area contributed by atoms with E-state index in [1.165, 1.54) is 12.1 Å². The SMILES string of the molecule is CNc1n[nH]c2ccc(-c3cc(C#N)ccc3F)cc12. The lowest BCUT2D eigenvalue weighted by atomic mass is 10.0. The molecule has 0 spiro atoms. The number of benzene rings is 2. The fourth-order valence-electron chi connectivity index (χ4n) is 2.19. The van der Waals surface area contributed by atoms with Crippen LogP contribution in [0.15, 0.2) is 36.4 Å². The summed E-state index contributed by atoms with van der Waals surface area (Å²) in [6.45, 7) is 0. The zero-order valence-corrected chi connectivity index (χ0v) is 10.7. The number of hydrogen-bond donors (Lipinski definition) is 2. The Morgan fingerprint density at radius 2 is 2.10 bits per heavy atom. The largest absolute Gasteiger partial charge is 0.371 e. The molecule has 0 aliphatic rings. The molecule has 0 amide bonds. The highest BCUT2D eigenvalue weighted by atomic mass is 19.1. The monoisotopic (exact) mass is 266 g/mol. The van der Waals surface area contributed by atoms with Crippen molar-refractivity contribution in [2.75, 3.05) is 12.4 Å². The molecule has 3 rings (SSSR count). The molecule has 3 aromatic rings. The second kappa shape index (κ2) is 4.67. The van der Waals surface area contributed by atoms with Crippen LogP contribution < -0.4 is 5.32 Å². The van der Waals surface area contributed by atoms with Gasteiger partial charge in [-0.25, -0.2) is 4.39 Å². The summed E-state index contributed by atoms with van der Waals surface area (Å²) in [5, 5.41) is 19.8. The molecule has 0 fully saturated rings. The minimum Gasteiger partial charge on any atom is -0.371 e. The highest BCUT2D eigenvalue weighted by Gasteiger charge is 2.10. The summed E-state index contributed by atoms with van der Waals surface area (Å²) in [5.74, 6) is 0.358. The molecule has 1 heterocycles. The molecule has 20 heavy (non-hydrogen) atoms. The van der Waals surface area contributed by atoms with Crippen molar-refractivity contribution < 1.29 is 4.39 Å². The molecule has 0 aliphatic carbocycles. The van der Waals surface area contributed by atoms with Crippen molar-refractivity contribution in [3.63, 3.8) is 0 Å². The molecule has 5 heteroatoms. The maximum atomic E-state index is 14.0. The summed E-state index contributed by atoms with van der Waals surface area (Å²) in [5.41, 5.74) is 2.43. The molecule has 98 valence electrons. The molecule has 0 radical (unpaired) electrons. The topological polar surface area (TPSA) is 64.5 Å². The van der Waals surface area contributed by atoms with Gasteiger partial charge in [-0.2, -0.15) is 10.4 Å². The van der Waals surface area contributed by atoms with E-state index in [4.69, 9.17) is 5.26 Å². The van der Waals surface area contributed by atoms with Gasteiger partial charge in [-0.1, -0.05) is 6.07 Å². The molecule has 0 atom stereocenters. The van der Waals surface area contributed by atoms with E-state index in [-0.39, 0.29) is 5.82 Å². The van der Waals surface area contributed by atoms with Crippen molar-refractivity contribution in [1.29, 1.82) is 5.26 Å². The van der Waals surface area contributed by atoms with Crippen LogP contribution in [0.1, 0.15) is 5.56 Å². The van der Waals surface area contributed by atoms with Gasteiger partial charge in [-0.15, -0.1) is 0 Å². The molecule has 2 aromatic carbocycles. The minimum atomic E-state index is -0.349. The number of H-pyrrole nitrogens is 1. The first-order valence-electron chi connectivity index (χ1n) is 6.09. The average molecular weight is 266 g/mol. The maximum absolute atomic E-state index is 14.0. The van der Waals surface area contributed by atoms with Crippen LogP contribution in [0.5, 0.6) is 0 Å². The minimum absolute atomic E-state index is 0.349. The number of rotatable bonds is 2. The van der Waals surface area contributed by atoms with Crippen LogP contribution in [0.4, 0.5) is 10.2 Å². The number of nitrogens with zero attached hydrogens (tertiary/aromatic N) is 2. The Hall–Kier alpha value is -2.87. The summed E-state index contributed by atoms with van der Waals surface area (Å²) in [7, 11) is 1.78. The number of anilines is 1. The van der Waals surface area contributed by atoms with Crippen LogP contribution in [0, 0.1) is 17.1 Å². The van der Waals surface area contributed by atoms with Gasteiger partial charge in [0.25, 0.3) is 0 Å². The normalized spacial score (nSPS) is 10.4. The molecule has 4 nitrogen and oxygen atoms in total. The van der Waals surface area contributed by atoms with E-state index < -0.39 is 0 Å². The van der Waals surface area contributed by atoms with Crippen molar-refractivity contribution in [2.45, 2.75) is 0 Å². The summed E-state index contributed by atoms with van der Waals surface area (Å²) in [6.07, 6.45) is 0. The van der Waals surface area contributed by atoms with E-state index in [0.29, 0.717) is 22.5 Å². The van der Waals surface area contributed by atoms with Crippen molar-refractivity contribution >= 4 is 16.7 Å². The van der Waals surface area contributed by atoms with E-state index in [9.17, 15) is 4.39 Å². The Kier molecular flexibility index (Phi) is 2.84. The standard InChI is InChI=1S/C15H11FN4/c1-18-15-12-7-10(3-5-14(12)19-20-15)11-6-9(8-17)2-4-13(11)16/h2-7H,1H3,(H2,18,19,20). The molecular formula is C15H11FN4. The third kappa shape index (κ3) is 1.88. The molecule has 0 unspecified atom stereocenters. The lowest BCUT2D eigenvalue weighted by molar-refractivity contribution is 0.631. The average Bonchev–Trinajstić information content (AvgIpc) is 2.90. The molecule has 0 aliphatic heterocycles. The molecular weight excluding hydrogens is 255 g/mol. The van der Waals surface area contributed by atoms with Crippen molar-refractivity contribution in [2.24, 2.45) is 0 Å². The van der Waals surface area contributed by atoms with Crippen molar-refractivity contribution in [3.8, 4) is 17.2 Å². The molecule has 1 aromatic heterocycles. The van der Waals surface area contributed by atoms with Crippen LogP contribution in [0.2, 0.25) is 0 Å². The van der Waals surface area contributed by atoms with Gasteiger partial charge in [0.2, 0.25) is 0 Å². The number of nitrogens with one attached hydrogen (secondary N) is 2. The Morgan fingerprint density at radius 3 is 2.85 bits per heavy atom. The molecule has 0 saturated heterocycles. The number of hydrogen-bond acceptors (Lipinski definition) is 3. The van der Waals surface area contributed by atoms with E-state index in [1.54, 1.807) is 19.2 Å². The first-order valence-corrected chi connectivity index (χ1v) is 6.09. The van der Waals surface area contributed by atoms with Crippen LogP contribution in [-0.2, 0) is 0 Å². The lowest BCUT2D eigenvalue weighted by Gasteiger charge is -2.05. The van der Waals surface area contributed by atoms with Gasteiger partial charge in [-0.3, -0.25) is 5.10 Å². The van der Waals surface area contributed by atoms with E-state index in [0.717, 1.165) is 10.9 Å². The van der Waals surface area contributed by atoms with E-state index in [1.807, 2.05) is 18.2 Å². The van der Waals surface area contributed by atoms with Gasteiger partial charge in [0.1, 0.15) is 5.82 Å². The zero-order chi connectivity index (χ0) is 14.1. The predicted octanol–water partition coefficient (Wildman–Crippen LogP) is 3.28. The first-order chi connectivity index (χ1) is 9.72. The number of aromatic nitrogens is 2. The van der Waals surface area contributed by atoms with Crippen LogP contribution in [0.25, 0.3) is 22.0 Å². The third-order valence-corrected chi connectivity index (χ3v) is 3.21. The van der Waals surface area contributed by atoms with Crippen LogP contribution in [0.3, 0.4) is 0 Å². The zero-order valence-electron chi connectivity index (χ0n) is 10.7. The Balaban J connectivity index is 2.22. The van der Waals surface area contributed by atoms with Crippen molar-refractivity contribution in [3.05, 3.63) is 47.8 Å². The Morgan fingerprint density at radius 1 is 1.25 bits per heavy atom. The van der Waals surface area contributed by atoms with Crippen molar-refractivity contribution in [1.82, 2.24) is 10.2 Å². The van der Waals surface area contributed by atoms with E-state index >= 15 is 0 Å². The van der Waals surface area contributed by atoms with Gasteiger partial charge < -0.3 is 5.32 Å². The first kappa shape index (κ1) is 12.2. The second-order valence-corrected chi connectivity index (χ2v) is 4.39. The molecule has 2 N–H and O–H groups in total. The summed E-state index contributed by atoms with van der Waals surface area (Å²) in [6, 6.07) is 11.9. The van der Waals surface area contributed by atoms with Gasteiger partial charge >= 0.3 is 0 Å². The molecule has 0 bridgehead atoms. The third-order valence-electron chi connectivity index (χ3n) is 3.21. The van der Waals surface area contributed by atoms with Gasteiger partial charge in [-0.05, 0) is 35.9 Å². The smallest absolute Gasteiger partial charge is 0.155 e. The summed E-state index contributed by atoms with van der Waals surface area (Å²) in [4.78, 5) is 0. The van der Waals surface area contributed by atoms with Crippen LogP contribution >= 0.6 is 0 Å². The number of fused-ring (bicyclic) bond motifs is 1. The highest BCUT2D eigenvalue weighted by Crippen LogP contribution is 2.29. The Labute approximate surface area is 114 Å². The second-order valence-electron chi connectivity index (χ2n) is 4.39. The van der Waals surface area contributed by atoms with Gasteiger partial charge in [0.15, 0.2) is 5.82 Å². The van der Waals surface area contributed by atoms with Gasteiger partial charge in [0.05, 0.1) is 17.1 Å². The fraction of sp³-hybridized carbons (Fsp3) is 0.0667. The lowest BCUT2D eigenvalue weighted by Crippen LogP contribution is -1.89. The van der Waals surface area contributed by atoms with E-state index in [2.05, 4.69) is 15.5 Å². The number of aromatic amines is 1. The predicted molar refractivity (Wildman–Crippen MR) is 75.7 cm³/mol. The number of nitriles is 1. The quantitative estimate of drug-likeness (QED) is 0.748. The number of halogens is 1. The Bertz CT molecular complexity index is 829. The molecule has 0 saturated carbocycles. The summed E-state index contributed by atoms with van der Waals surface area (Å²) >= 11 is 0. The highest BCUT2D eigenvalue weighted by molar-refractivity contribution is 5.93. The fourth-order valence-corrected chi connectivity index (χ4v) is 2.19. The van der Waals surface area contributed by atoms with Crippen LogP contribution in [-0.4, -0.2) is 17.2 Å².